The molecule has 0 atom stereocenters. The van der Waals surface area contributed by atoms with Crippen molar-refractivity contribution in [1.82, 2.24) is 20.4 Å². The molecule has 33 heavy (non-hydrogen) atoms. The smallest absolute Gasteiger partial charge is 0.245 e. The maximum Gasteiger partial charge on any atom is 0.245 e. The third-order valence-electron chi connectivity index (χ3n) is 6.98. The van der Waals surface area contributed by atoms with Crippen LogP contribution >= 0.6 is 0 Å². The highest BCUT2D eigenvalue weighted by molar-refractivity contribution is 5.77. The minimum Gasteiger partial charge on any atom is -0.372 e. The van der Waals surface area contributed by atoms with Crippen LogP contribution in [0.25, 0.3) is 0 Å². The van der Waals surface area contributed by atoms with Crippen LogP contribution in [0.1, 0.15) is 58.3 Å². The molecular weight excluding hydrogens is 420 g/mol. The Morgan fingerprint density at radius 3 is 2.06 bits per heavy atom. The van der Waals surface area contributed by atoms with Crippen LogP contribution in [-0.2, 0) is 19.1 Å². The summed E-state index contributed by atoms with van der Waals surface area (Å²) in [7, 11) is 1.62. The molecule has 0 aliphatic carbocycles. The molecule has 2 saturated heterocycles. The summed E-state index contributed by atoms with van der Waals surface area (Å²) in [5.41, 5.74) is 0. The Labute approximate surface area is 201 Å². The summed E-state index contributed by atoms with van der Waals surface area (Å²) in [5, 5.41) is 5.58. The van der Waals surface area contributed by atoms with E-state index in [9.17, 15) is 9.59 Å². The Balaban J connectivity index is 1.37. The van der Waals surface area contributed by atoms with Crippen LogP contribution in [0.4, 0.5) is 0 Å². The summed E-state index contributed by atoms with van der Waals surface area (Å²) in [6, 6.07) is 0. The average molecular weight is 469 g/mol. The van der Waals surface area contributed by atoms with Crippen molar-refractivity contribution >= 4 is 11.8 Å². The van der Waals surface area contributed by atoms with Gasteiger partial charge in [0.2, 0.25) is 11.8 Å². The van der Waals surface area contributed by atoms with Crippen LogP contribution in [0.2, 0.25) is 0 Å². The number of likely N-dealkylation sites (N-methyl/N-ethyl adjacent to an activating group) is 1. The summed E-state index contributed by atoms with van der Waals surface area (Å²) in [4.78, 5) is 28.1. The van der Waals surface area contributed by atoms with E-state index in [1.165, 1.54) is 38.8 Å². The minimum atomic E-state index is -0.0706. The molecule has 2 heterocycles. The Morgan fingerprint density at radius 2 is 1.39 bits per heavy atom. The van der Waals surface area contributed by atoms with Gasteiger partial charge in [0.25, 0.3) is 0 Å². The van der Waals surface area contributed by atoms with E-state index >= 15 is 0 Å². The van der Waals surface area contributed by atoms with Gasteiger partial charge in [0.15, 0.2) is 0 Å². The maximum absolute atomic E-state index is 12.0. The Kier molecular flexibility index (Phi) is 14.6. The van der Waals surface area contributed by atoms with Gasteiger partial charge in [0.1, 0.15) is 13.2 Å². The fraction of sp³-hybridized carbons (Fsp3) is 0.920. The van der Waals surface area contributed by atoms with Gasteiger partial charge in [-0.3, -0.25) is 9.59 Å². The van der Waals surface area contributed by atoms with Crippen molar-refractivity contribution in [3.05, 3.63) is 0 Å². The summed E-state index contributed by atoms with van der Waals surface area (Å²) in [5.74, 6) is 1.51. The number of hydrogen-bond donors (Lipinski definition) is 2. The van der Waals surface area contributed by atoms with E-state index in [-0.39, 0.29) is 25.0 Å². The molecule has 2 rings (SSSR count). The number of rotatable bonds is 16. The number of likely N-dealkylation sites (tertiary alicyclic amines) is 2. The van der Waals surface area contributed by atoms with Crippen molar-refractivity contribution < 1.29 is 19.1 Å². The molecule has 2 amide bonds. The van der Waals surface area contributed by atoms with Crippen molar-refractivity contribution in [3.8, 4) is 0 Å². The van der Waals surface area contributed by atoms with Crippen molar-refractivity contribution in [2.24, 2.45) is 11.8 Å². The Hall–Kier alpha value is -1.22. The molecule has 2 aliphatic heterocycles. The van der Waals surface area contributed by atoms with Crippen molar-refractivity contribution in [2.45, 2.75) is 58.3 Å². The van der Waals surface area contributed by atoms with Gasteiger partial charge < -0.3 is 29.9 Å². The highest BCUT2D eigenvalue weighted by atomic mass is 16.5. The number of unbranched alkanes of at least 4 members (excludes halogenated alkanes) is 1. The number of ether oxygens (including phenoxy) is 2. The molecule has 8 nitrogen and oxygen atoms in total. The molecule has 0 spiro atoms. The zero-order valence-electron chi connectivity index (χ0n) is 21.1. The monoisotopic (exact) mass is 468 g/mol. The first-order chi connectivity index (χ1) is 16.1. The lowest BCUT2D eigenvalue weighted by Crippen LogP contribution is -2.36. The van der Waals surface area contributed by atoms with E-state index in [4.69, 9.17) is 9.47 Å². The standard InChI is InChI=1S/C25H48N4O4/c1-22-7-14-29(15-8-22)13-5-19-33-21-25(31)27-11-6-23-9-16-28(17-10-23)12-3-4-18-32-20-24(30)26-2/h22-23H,3-21H2,1-2H3,(H,26,30)(H,27,31). The van der Waals surface area contributed by atoms with Gasteiger partial charge in [0, 0.05) is 33.4 Å². The molecule has 0 bridgehead atoms. The lowest BCUT2D eigenvalue weighted by Gasteiger charge is -2.32. The summed E-state index contributed by atoms with van der Waals surface area (Å²) in [6.45, 7) is 11.6. The van der Waals surface area contributed by atoms with E-state index in [1.54, 1.807) is 7.05 Å². The second kappa shape index (κ2) is 17.2. The van der Waals surface area contributed by atoms with Gasteiger partial charge in [-0.2, -0.15) is 0 Å². The van der Waals surface area contributed by atoms with Crippen LogP contribution in [0, 0.1) is 11.8 Å². The number of carbonyl (C=O) groups excluding carboxylic acids is 2. The molecule has 2 N–H and O–H groups in total. The van der Waals surface area contributed by atoms with Gasteiger partial charge in [0.05, 0.1) is 0 Å². The molecule has 0 radical (unpaired) electrons. The molecule has 0 aromatic heterocycles. The van der Waals surface area contributed by atoms with Gasteiger partial charge in [-0.1, -0.05) is 6.92 Å². The second-order valence-corrected chi connectivity index (χ2v) is 9.79. The third kappa shape index (κ3) is 13.3. The van der Waals surface area contributed by atoms with Crippen LogP contribution in [0.3, 0.4) is 0 Å². The van der Waals surface area contributed by atoms with Crippen LogP contribution in [-0.4, -0.2) is 101 Å². The Morgan fingerprint density at radius 1 is 0.818 bits per heavy atom. The number of nitrogens with one attached hydrogen (secondary N) is 2. The van der Waals surface area contributed by atoms with Crippen LogP contribution in [0.5, 0.6) is 0 Å². The lowest BCUT2D eigenvalue weighted by molar-refractivity contribution is -0.126. The molecule has 192 valence electrons. The number of nitrogens with zero attached hydrogens (tertiary/aromatic N) is 2. The zero-order chi connectivity index (χ0) is 23.7. The average Bonchev–Trinajstić information content (AvgIpc) is 2.83. The highest BCUT2D eigenvalue weighted by Crippen LogP contribution is 2.20. The first kappa shape index (κ1) is 28.0. The summed E-state index contributed by atoms with van der Waals surface area (Å²) >= 11 is 0. The SMILES string of the molecule is CNC(=O)COCCCCN1CCC(CCNC(=O)COCCCN2CCC(C)CC2)CC1. The van der Waals surface area contributed by atoms with Crippen molar-refractivity contribution in [3.63, 3.8) is 0 Å². The lowest BCUT2D eigenvalue weighted by atomic mass is 9.93. The normalized spacial score (nSPS) is 19.0. The molecular formula is C25H48N4O4. The van der Waals surface area contributed by atoms with Crippen molar-refractivity contribution in [1.29, 1.82) is 0 Å². The van der Waals surface area contributed by atoms with Gasteiger partial charge in [-0.05, 0) is 95.9 Å². The first-order valence-corrected chi connectivity index (χ1v) is 13.1. The predicted molar refractivity (Wildman–Crippen MR) is 131 cm³/mol. The van der Waals surface area contributed by atoms with E-state index in [0.29, 0.717) is 19.1 Å². The van der Waals surface area contributed by atoms with E-state index in [0.717, 1.165) is 64.3 Å². The van der Waals surface area contributed by atoms with Gasteiger partial charge in [-0.25, -0.2) is 0 Å². The fourth-order valence-corrected chi connectivity index (χ4v) is 4.58. The first-order valence-electron chi connectivity index (χ1n) is 13.1. The third-order valence-corrected chi connectivity index (χ3v) is 6.98. The topological polar surface area (TPSA) is 83.1 Å². The van der Waals surface area contributed by atoms with E-state index in [2.05, 4.69) is 27.4 Å². The van der Waals surface area contributed by atoms with Gasteiger partial charge >= 0.3 is 0 Å². The number of carbonyl (C=O) groups is 2. The highest BCUT2D eigenvalue weighted by Gasteiger charge is 2.19. The number of amides is 2. The van der Waals surface area contributed by atoms with E-state index in [1.807, 2.05) is 0 Å². The molecule has 0 unspecified atom stereocenters. The zero-order valence-corrected chi connectivity index (χ0v) is 21.1. The fourth-order valence-electron chi connectivity index (χ4n) is 4.58. The van der Waals surface area contributed by atoms with Crippen LogP contribution in [0.15, 0.2) is 0 Å². The quantitative estimate of drug-likeness (QED) is 0.337. The number of hydrogen-bond acceptors (Lipinski definition) is 6. The van der Waals surface area contributed by atoms with E-state index < -0.39 is 0 Å². The summed E-state index contributed by atoms with van der Waals surface area (Å²) < 4.78 is 10.9. The maximum atomic E-state index is 12.0. The molecule has 8 heteroatoms. The van der Waals surface area contributed by atoms with Crippen LogP contribution < -0.4 is 10.6 Å². The minimum absolute atomic E-state index is 0.0119. The Bertz CT molecular complexity index is 532. The molecule has 0 aromatic rings. The summed E-state index contributed by atoms with van der Waals surface area (Å²) in [6.07, 6.45) is 9.17. The predicted octanol–water partition coefficient (Wildman–Crippen LogP) is 1.89. The van der Waals surface area contributed by atoms with Gasteiger partial charge in [-0.15, -0.1) is 0 Å². The van der Waals surface area contributed by atoms with Crippen molar-refractivity contribution in [2.75, 3.05) is 79.3 Å². The largest absolute Gasteiger partial charge is 0.372 e. The molecule has 0 aromatic carbocycles. The second-order valence-electron chi connectivity index (χ2n) is 9.79. The molecule has 0 saturated carbocycles. The molecule has 2 fully saturated rings. The molecule has 2 aliphatic rings. The number of piperidine rings is 2.